The molecule has 0 spiro atoms. The van der Waals surface area contributed by atoms with Gasteiger partial charge in [-0.2, -0.15) is 0 Å². The summed E-state index contributed by atoms with van der Waals surface area (Å²) in [5, 5.41) is 9.02. The van der Waals surface area contributed by atoms with Gasteiger partial charge < -0.3 is 16.0 Å². The number of thiocarbonyl (C=S) groups is 1. The van der Waals surface area contributed by atoms with E-state index >= 15 is 0 Å². The van der Waals surface area contributed by atoms with Gasteiger partial charge in [-0.25, -0.2) is 0 Å². The topological polar surface area (TPSA) is 53.2 Å². The number of para-hydroxylation sites is 1. The van der Waals surface area contributed by atoms with Gasteiger partial charge in [0, 0.05) is 15.7 Å². The van der Waals surface area contributed by atoms with Crippen LogP contribution in [0.25, 0.3) is 0 Å². The van der Waals surface area contributed by atoms with Gasteiger partial charge in [-0.3, -0.25) is 4.79 Å². The van der Waals surface area contributed by atoms with E-state index in [4.69, 9.17) is 47.0 Å². The van der Waals surface area contributed by atoms with Crippen LogP contribution in [0, 0.1) is 0 Å². The van der Waals surface area contributed by atoms with Crippen LogP contribution < -0.4 is 16.0 Å². The Morgan fingerprint density at radius 1 is 1.03 bits per heavy atom. The van der Waals surface area contributed by atoms with E-state index in [1.54, 1.807) is 24.3 Å². The zero-order chi connectivity index (χ0) is 21.6. The van der Waals surface area contributed by atoms with Crippen molar-refractivity contribution in [2.75, 3.05) is 5.32 Å². The first-order valence-electron chi connectivity index (χ1n) is 8.97. The summed E-state index contributed by atoms with van der Waals surface area (Å²) in [5.41, 5.74) is 3.60. The molecule has 0 heterocycles. The van der Waals surface area contributed by atoms with Crippen molar-refractivity contribution >= 4 is 79.7 Å². The second-order valence-corrected chi connectivity index (χ2v) is 9.90. The van der Waals surface area contributed by atoms with E-state index in [9.17, 15) is 4.79 Å². The Kier molecular flexibility index (Phi) is 9.04. The molecular weight excluding hydrogens is 517 g/mol. The highest BCUT2D eigenvalue weighted by atomic mass is 79.9. The van der Waals surface area contributed by atoms with E-state index in [1.807, 2.05) is 18.2 Å². The van der Waals surface area contributed by atoms with Crippen molar-refractivity contribution in [1.29, 1.82) is 0 Å². The van der Waals surface area contributed by atoms with E-state index in [-0.39, 0.29) is 5.11 Å². The van der Waals surface area contributed by atoms with Crippen molar-refractivity contribution in [1.82, 2.24) is 10.6 Å². The molecule has 29 heavy (non-hydrogen) atoms. The normalized spacial score (nSPS) is 12.2. The van der Waals surface area contributed by atoms with Crippen molar-refractivity contribution in [3.63, 3.8) is 0 Å². The quantitative estimate of drug-likeness (QED) is 0.241. The van der Waals surface area contributed by atoms with Crippen LogP contribution in [0.5, 0.6) is 0 Å². The fourth-order valence-corrected chi connectivity index (χ4v) is 3.51. The molecular formula is C20H21BrCl3N3OS. The lowest BCUT2D eigenvalue weighted by molar-refractivity contribution is 0.0934. The number of halogens is 4. The molecule has 0 radical (unpaired) electrons. The van der Waals surface area contributed by atoms with Crippen LogP contribution in [-0.4, -0.2) is 21.0 Å². The summed E-state index contributed by atoms with van der Waals surface area (Å²) < 4.78 is -0.967. The molecule has 0 aliphatic carbocycles. The Labute approximate surface area is 199 Å². The first kappa shape index (κ1) is 24.2. The first-order valence-corrected chi connectivity index (χ1v) is 11.3. The lowest BCUT2D eigenvalue weighted by Gasteiger charge is -2.28. The third kappa shape index (κ3) is 7.00. The molecule has 2 aromatic rings. The molecule has 0 saturated carbocycles. The predicted molar refractivity (Wildman–Crippen MR) is 130 cm³/mol. The number of carbonyl (C=O) groups is 1. The third-order valence-corrected chi connectivity index (χ3v) is 5.63. The van der Waals surface area contributed by atoms with E-state index in [1.165, 1.54) is 0 Å². The van der Waals surface area contributed by atoms with Crippen LogP contribution in [-0.2, 0) is 12.8 Å². The lowest BCUT2D eigenvalue weighted by atomic mass is 10.0. The van der Waals surface area contributed by atoms with Gasteiger partial charge in [-0.15, -0.1) is 0 Å². The molecule has 0 bridgehead atoms. The number of carbonyl (C=O) groups excluding carboxylic acids is 1. The fourth-order valence-electron chi connectivity index (χ4n) is 2.70. The Morgan fingerprint density at radius 3 is 2.07 bits per heavy atom. The first-order chi connectivity index (χ1) is 13.7. The molecule has 156 valence electrons. The number of amides is 1. The van der Waals surface area contributed by atoms with E-state index in [2.05, 4.69) is 45.7 Å². The largest absolute Gasteiger partial charge is 0.339 e. The number of benzene rings is 2. The molecule has 3 N–H and O–H groups in total. The Balaban J connectivity index is 2.16. The number of nitrogens with one attached hydrogen (secondary N) is 3. The molecule has 0 aliphatic heterocycles. The predicted octanol–water partition coefficient (Wildman–Crippen LogP) is 5.99. The van der Waals surface area contributed by atoms with Crippen molar-refractivity contribution in [3.05, 3.63) is 63.6 Å². The minimum atomic E-state index is -1.82. The van der Waals surface area contributed by atoms with Crippen LogP contribution in [0.4, 0.5) is 5.69 Å². The van der Waals surface area contributed by atoms with Crippen LogP contribution in [0.1, 0.15) is 35.3 Å². The molecule has 1 unspecified atom stereocenters. The summed E-state index contributed by atoms with van der Waals surface area (Å²) in [4.78, 5) is 12.5. The molecule has 0 aromatic heterocycles. The number of anilines is 1. The average Bonchev–Trinajstić information content (AvgIpc) is 2.67. The molecule has 2 aromatic carbocycles. The van der Waals surface area contributed by atoms with Crippen molar-refractivity contribution in [2.45, 2.75) is 36.6 Å². The summed E-state index contributed by atoms with van der Waals surface area (Å²) in [7, 11) is 0. The highest BCUT2D eigenvalue weighted by molar-refractivity contribution is 9.10. The maximum absolute atomic E-state index is 12.5. The standard InChI is InChI=1S/C20H21BrCl3N3OS/c1-3-12-6-5-7-13(4-2)16(12)25-19(29)27-18(20(22,23)24)26-17(28)14-8-10-15(21)11-9-14/h5-11,18H,3-4H2,1-2H3,(H,26,28)(H2,25,27,29). The van der Waals surface area contributed by atoms with Crippen molar-refractivity contribution in [3.8, 4) is 0 Å². The number of alkyl halides is 3. The fraction of sp³-hybridized carbons (Fsp3) is 0.300. The molecule has 0 aliphatic rings. The summed E-state index contributed by atoms with van der Waals surface area (Å²) in [6, 6.07) is 12.9. The van der Waals surface area contributed by atoms with E-state index in [0.717, 1.165) is 34.1 Å². The lowest BCUT2D eigenvalue weighted by Crippen LogP contribution is -2.56. The van der Waals surface area contributed by atoms with Gasteiger partial charge in [0.2, 0.25) is 3.79 Å². The van der Waals surface area contributed by atoms with Gasteiger partial charge in [-0.1, -0.05) is 82.8 Å². The Morgan fingerprint density at radius 2 is 1.59 bits per heavy atom. The summed E-state index contributed by atoms with van der Waals surface area (Å²) in [6.45, 7) is 4.14. The summed E-state index contributed by atoms with van der Waals surface area (Å²) in [6.07, 6.45) is 0.641. The zero-order valence-electron chi connectivity index (χ0n) is 15.9. The molecule has 9 heteroatoms. The second kappa shape index (κ2) is 10.8. The second-order valence-electron chi connectivity index (χ2n) is 6.21. The van der Waals surface area contributed by atoms with E-state index < -0.39 is 15.9 Å². The minimum absolute atomic E-state index is 0.244. The SMILES string of the molecule is CCc1cccc(CC)c1NC(=S)NC(NC(=O)c1ccc(Br)cc1)C(Cl)(Cl)Cl. The maximum Gasteiger partial charge on any atom is 0.252 e. The van der Waals surface area contributed by atoms with Gasteiger partial charge in [0.25, 0.3) is 5.91 Å². The third-order valence-electron chi connectivity index (χ3n) is 4.22. The van der Waals surface area contributed by atoms with Gasteiger partial charge >= 0.3 is 0 Å². The molecule has 1 atom stereocenters. The van der Waals surface area contributed by atoms with E-state index in [0.29, 0.717) is 5.56 Å². The van der Waals surface area contributed by atoms with Gasteiger partial charge in [0.05, 0.1) is 0 Å². The van der Waals surface area contributed by atoms with Crippen molar-refractivity contribution < 1.29 is 4.79 Å². The summed E-state index contributed by atoms with van der Waals surface area (Å²) >= 11 is 27.0. The molecule has 0 fully saturated rings. The number of rotatable bonds is 6. The smallest absolute Gasteiger partial charge is 0.252 e. The van der Waals surface area contributed by atoms with Crippen LogP contribution in [0.3, 0.4) is 0 Å². The van der Waals surface area contributed by atoms with Gasteiger partial charge in [0.15, 0.2) is 5.11 Å². The van der Waals surface area contributed by atoms with Crippen molar-refractivity contribution in [2.24, 2.45) is 0 Å². The zero-order valence-corrected chi connectivity index (χ0v) is 20.5. The molecule has 1 amide bonds. The van der Waals surface area contributed by atoms with Crippen LogP contribution in [0.15, 0.2) is 46.9 Å². The Hall–Kier alpha value is -1.05. The summed E-state index contributed by atoms with van der Waals surface area (Å²) in [5.74, 6) is -0.396. The van der Waals surface area contributed by atoms with Gasteiger partial charge in [-0.05, 0) is 60.5 Å². The average molecular weight is 538 g/mol. The minimum Gasteiger partial charge on any atom is -0.339 e. The number of aryl methyl sites for hydroxylation is 2. The van der Waals surface area contributed by atoms with Gasteiger partial charge in [0.1, 0.15) is 6.17 Å². The highest BCUT2D eigenvalue weighted by Crippen LogP contribution is 2.30. The number of hydrogen-bond donors (Lipinski definition) is 3. The maximum atomic E-state index is 12.5. The van der Waals surface area contributed by atoms with Crippen LogP contribution in [0.2, 0.25) is 0 Å². The highest BCUT2D eigenvalue weighted by Gasteiger charge is 2.35. The van der Waals surface area contributed by atoms with Crippen LogP contribution >= 0.6 is 63.0 Å². The monoisotopic (exact) mass is 535 g/mol. The molecule has 4 nitrogen and oxygen atoms in total. The molecule has 2 rings (SSSR count). The number of hydrogen-bond acceptors (Lipinski definition) is 2. The Bertz CT molecular complexity index is 850. The molecule has 0 saturated heterocycles.